The number of benzene rings is 1. The van der Waals surface area contributed by atoms with Crippen LogP contribution in [0, 0.1) is 0 Å². The van der Waals surface area contributed by atoms with Crippen LogP contribution in [-0.4, -0.2) is 37.6 Å². The van der Waals surface area contributed by atoms with Crippen molar-refractivity contribution in [2.75, 3.05) is 19.8 Å². The molecular weight excluding hydrogens is 382 g/mol. The lowest BCUT2D eigenvalue weighted by Crippen LogP contribution is -2.29. The molecule has 1 aromatic heterocycles. The number of amides is 1. The van der Waals surface area contributed by atoms with Gasteiger partial charge in [-0.1, -0.05) is 12.1 Å². The highest BCUT2D eigenvalue weighted by molar-refractivity contribution is 7.17. The van der Waals surface area contributed by atoms with Gasteiger partial charge in [0.1, 0.15) is 17.2 Å². The van der Waals surface area contributed by atoms with Gasteiger partial charge in [0.25, 0.3) is 5.91 Å². The van der Waals surface area contributed by atoms with Crippen LogP contribution in [0.4, 0.5) is 0 Å². The molecule has 0 saturated heterocycles. The number of carbonyl (C=O) groups is 3. The van der Waals surface area contributed by atoms with Crippen LogP contribution in [-0.2, 0) is 25.7 Å². The molecule has 0 spiro atoms. The van der Waals surface area contributed by atoms with Crippen LogP contribution >= 0.6 is 11.3 Å². The summed E-state index contributed by atoms with van der Waals surface area (Å²) in [6.45, 7) is 2.43. The van der Waals surface area contributed by atoms with E-state index < -0.39 is 11.9 Å². The van der Waals surface area contributed by atoms with Crippen molar-refractivity contribution in [1.82, 2.24) is 5.32 Å². The van der Waals surface area contributed by atoms with E-state index in [0.717, 1.165) is 21.8 Å². The quantitative estimate of drug-likeness (QED) is 0.538. The Morgan fingerprint density at radius 1 is 1.21 bits per heavy atom. The number of fused-ring (bicyclic) bond motifs is 3. The summed E-state index contributed by atoms with van der Waals surface area (Å²) in [6, 6.07) is 9.40. The number of hydrogen-bond acceptors (Lipinski definition) is 7. The van der Waals surface area contributed by atoms with Crippen molar-refractivity contribution in [1.29, 1.82) is 0 Å². The Labute approximate surface area is 166 Å². The fourth-order valence-electron chi connectivity index (χ4n) is 2.75. The number of para-hydroxylation sites is 1. The van der Waals surface area contributed by atoms with Gasteiger partial charge in [-0.3, -0.25) is 9.59 Å². The Kier molecular flexibility index (Phi) is 6.65. The molecule has 148 valence electrons. The topological polar surface area (TPSA) is 90.9 Å². The molecule has 3 rings (SSSR count). The fourth-order valence-corrected chi connectivity index (χ4v) is 3.84. The molecule has 0 atom stereocenters. The minimum absolute atomic E-state index is 0.234. The molecule has 0 bridgehead atoms. The van der Waals surface area contributed by atoms with E-state index >= 15 is 0 Å². The van der Waals surface area contributed by atoms with Gasteiger partial charge in [0, 0.05) is 29.0 Å². The monoisotopic (exact) mass is 403 g/mol. The molecule has 1 N–H and O–H groups in total. The van der Waals surface area contributed by atoms with Gasteiger partial charge in [-0.05, 0) is 31.5 Å². The number of esters is 2. The van der Waals surface area contributed by atoms with E-state index in [9.17, 15) is 14.4 Å². The lowest BCUT2D eigenvalue weighted by molar-refractivity contribution is -0.143. The van der Waals surface area contributed by atoms with Crippen molar-refractivity contribution in [3.8, 4) is 16.2 Å². The van der Waals surface area contributed by atoms with Gasteiger partial charge in [-0.25, -0.2) is 4.79 Å². The summed E-state index contributed by atoms with van der Waals surface area (Å²) in [6.07, 6.45) is 0.702. The van der Waals surface area contributed by atoms with Crippen LogP contribution < -0.4 is 10.1 Å². The minimum Gasteiger partial charge on any atom is -0.488 e. The summed E-state index contributed by atoms with van der Waals surface area (Å²) >= 11 is 1.33. The maximum absolute atomic E-state index is 12.3. The van der Waals surface area contributed by atoms with Crippen molar-refractivity contribution < 1.29 is 28.6 Å². The first kappa shape index (κ1) is 19.9. The van der Waals surface area contributed by atoms with Crippen molar-refractivity contribution in [2.24, 2.45) is 0 Å². The zero-order valence-corrected chi connectivity index (χ0v) is 16.3. The molecule has 0 radical (unpaired) electrons. The second kappa shape index (κ2) is 9.36. The van der Waals surface area contributed by atoms with E-state index in [0.29, 0.717) is 31.1 Å². The highest BCUT2D eigenvalue weighted by Crippen LogP contribution is 2.42. The van der Waals surface area contributed by atoms with E-state index in [2.05, 4.69) is 5.32 Å². The molecule has 1 aliphatic heterocycles. The van der Waals surface area contributed by atoms with Crippen molar-refractivity contribution >= 4 is 29.2 Å². The van der Waals surface area contributed by atoms with E-state index in [1.54, 1.807) is 13.0 Å². The third kappa shape index (κ3) is 4.89. The van der Waals surface area contributed by atoms with Crippen LogP contribution in [0.15, 0.2) is 30.3 Å². The first-order valence-electron chi connectivity index (χ1n) is 9.03. The fraction of sp³-hybridized carbons (Fsp3) is 0.350. The molecule has 0 aliphatic carbocycles. The van der Waals surface area contributed by atoms with E-state index in [1.807, 2.05) is 24.3 Å². The van der Waals surface area contributed by atoms with Crippen molar-refractivity contribution in [3.05, 3.63) is 40.8 Å². The van der Waals surface area contributed by atoms with Gasteiger partial charge in [0.05, 0.1) is 6.61 Å². The molecule has 8 heteroatoms. The molecule has 1 aliphatic rings. The van der Waals surface area contributed by atoms with Crippen LogP contribution in [0.3, 0.4) is 0 Å². The van der Waals surface area contributed by atoms with Gasteiger partial charge < -0.3 is 19.5 Å². The smallest absolute Gasteiger partial charge is 0.348 e. The number of rotatable bonds is 8. The summed E-state index contributed by atoms with van der Waals surface area (Å²) < 4.78 is 15.6. The molecule has 28 heavy (non-hydrogen) atoms. The van der Waals surface area contributed by atoms with Crippen LogP contribution in [0.25, 0.3) is 10.4 Å². The lowest BCUT2D eigenvalue weighted by atomic mass is 10.1. The zero-order valence-electron chi connectivity index (χ0n) is 15.5. The molecule has 1 amide bonds. The SMILES string of the molecule is CCOC(=O)CCCNC(=O)COC(=O)c1cc2c(s1)-c1ccccc1OC2. The second-order valence-corrected chi connectivity index (χ2v) is 7.14. The molecule has 1 aromatic carbocycles. The van der Waals surface area contributed by atoms with Gasteiger partial charge >= 0.3 is 11.9 Å². The summed E-state index contributed by atoms with van der Waals surface area (Å²) in [5.41, 5.74) is 1.88. The van der Waals surface area contributed by atoms with E-state index in [4.69, 9.17) is 14.2 Å². The van der Waals surface area contributed by atoms with E-state index in [1.165, 1.54) is 11.3 Å². The molecule has 7 nitrogen and oxygen atoms in total. The lowest BCUT2D eigenvalue weighted by Gasteiger charge is -2.16. The van der Waals surface area contributed by atoms with Gasteiger partial charge in [0.2, 0.25) is 0 Å². The van der Waals surface area contributed by atoms with Gasteiger partial charge in [-0.2, -0.15) is 0 Å². The average Bonchev–Trinajstić information content (AvgIpc) is 3.14. The molecule has 2 heterocycles. The van der Waals surface area contributed by atoms with Crippen LogP contribution in [0.2, 0.25) is 0 Å². The maximum Gasteiger partial charge on any atom is 0.348 e. The van der Waals surface area contributed by atoms with Crippen LogP contribution in [0.1, 0.15) is 35.0 Å². The highest BCUT2D eigenvalue weighted by Gasteiger charge is 2.23. The molecule has 0 unspecified atom stereocenters. The standard InChI is InChI=1S/C20H21NO6S/c1-2-25-18(23)8-5-9-21-17(22)12-27-20(24)16-10-13-11-26-15-7-4-3-6-14(15)19(13)28-16/h3-4,6-7,10H,2,5,8-9,11-12H2,1H3,(H,21,22). The predicted octanol–water partition coefficient (Wildman–Crippen LogP) is 2.92. The zero-order chi connectivity index (χ0) is 19.9. The molecule has 0 saturated carbocycles. The Balaban J connectivity index is 1.47. The summed E-state index contributed by atoms with van der Waals surface area (Å²) in [4.78, 5) is 36.7. The largest absolute Gasteiger partial charge is 0.488 e. The number of hydrogen-bond donors (Lipinski definition) is 1. The van der Waals surface area contributed by atoms with E-state index in [-0.39, 0.29) is 19.0 Å². The summed E-state index contributed by atoms with van der Waals surface area (Å²) in [5.74, 6) is -0.458. The van der Waals surface area contributed by atoms with Gasteiger partial charge in [0.15, 0.2) is 6.61 Å². The Bertz CT molecular complexity index is 875. The number of nitrogens with one attached hydrogen (secondary N) is 1. The van der Waals surface area contributed by atoms with Crippen molar-refractivity contribution in [2.45, 2.75) is 26.4 Å². The maximum atomic E-state index is 12.3. The molecule has 2 aromatic rings. The predicted molar refractivity (Wildman–Crippen MR) is 103 cm³/mol. The minimum atomic E-state index is -0.543. The Morgan fingerprint density at radius 3 is 2.86 bits per heavy atom. The third-order valence-corrected chi connectivity index (χ3v) is 5.24. The Hall–Kier alpha value is -2.87. The molecular formula is C20H21NO6S. The first-order chi connectivity index (χ1) is 13.6. The summed E-state index contributed by atoms with van der Waals surface area (Å²) in [7, 11) is 0. The number of carbonyl (C=O) groups excluding carboxylic acids is 3. The first-order valence-corrected chi connectivity index (χ1v) is 9.84. The second-order valence-electron chi connectivity index (χ2n) is 6.08. The number of thiophene rings is 1. The van der Waals surface area contributed by atoms with Crippen molar-refractivity contribution in [3.63, 3.8) is 0 Å². The number of ether oxygens (including phenoxy) is 3. The summed E-state index contributed by atoms with van der Waals surface area (Å²) in [5, 5.41) is 2.61. The van der Waals surface area contributed by atoms with Crippen LogP contribution in [0.5, 0.6) is 5.75 Å². The Morgan fingerprint density at radius 2 is 2.04 bits per heavy atom. The van der Waals surface area contributed by atoms with Gasteiger partial charge in [-0.15, -0.1) is 11.3 Å². The highest BCUT2D eigenvalue weighted by atomic mass is 32.1. The molecule has 0 fully saturated rings. The normalized spacial score (nSPS) is 11.6. The average molecular weight is 403 g/mol. The third-order valence-electron chi connectivity index (χ3n) is 4.04.